The Balaban J connectivity index is 1.68. The Labute approximate surface area is 203 Å². The summed E-state index contributed by atoms with van der Waals surface area (Å²) in [5.41, 5.74) is 2.72. The van der Waals surface area contributed by atoms with Gasteiger partial charge in [-0.05, 0) is 48.6 Å². The first-order valence-electron chi connectivity index (χ1n) is 10.5. The van der Waals surface area contributed by atoms with Crippen LogP contribution in [0.3, 0.4) is 0 Å². The number of ether oxygens (including phenoxy) is 1. The average Bonchev–Trinajstić information content (AvgIpc) is 2.83. The van der Waals surface area contributed by atoms with Crippen molar-refractivity contribution in [2.24, 2.45) is 4.99 Å². The van der Waals surface area contributed by atoms with Crippen LogP contribution in [0, 0.1) is 6.92 Å². The smallest absolute Gasteiger partial charge is 0.328 e. The maximum Gasteiger partial charge on any atom is 0.328 e. The molecule has 0 heterocycles. The van der Waals surface area contributed by atoms with E-state index in [1.807, 2.05) is 37.3 Å². The summed E-state index contributed by atoms with van der Waals surface area (Å²) in [5, 5.41) is 9.68. The van der Waals surface area contributed by atoms with Crippen molar-refractivity contribution in [3.63, 3.8) is 0 Å². The van der Waals surface area contributed by atoms with E-state index in [1.165, 1.54) is 12.1 Å². The summed E-state index contributed by atoms with van der Waals surface area (Å²) < 4.78 is 33.5. The van der Waals surface area contributed by atoms with Crippen molar-refractivity contribution in [1.29, 1.82) is 0 Å². The van der Waals surface area contributed by atoms with E-state index in [4.69, 9.17) is 4.74 Å². The third-order valence-corrected chi connectivity index (χ3v) is 6.98. The predicted molar refractivity (Wildman–Crippen MR) is 135 cm³/mol. The summed E-state index contributed by atoms with van der Waals surface area (Å²) in [6, 6.07) is 22.1. The molecule has 3 aromatic carbocycles. The first-order valence-corrected chi connectivity index (χ1v) is 13.2. The van der Waals surface area contributed by atoms with Gasteiger partial charge in [0.05, 0.1) is 4.90 Å². The molecule has 3 rings (SSSR count). The monoisotopic (exact) mass is 498 g/mol. The highest BCUT2D eigenvalue weighted by Gasteiger charge is 2.21. The zero-order chi connectivity index (χ0) is 24.6. The van der Waals surface area contributed by atoms with Crippen molar-refractivity contribution in [3.05, 3.63) is 95.6 Å². The number of amidine groups is 1. The van der Waals surface area contributed by atoms with Gasteiger partial charge in [-0.1, -0.05) is 71.9 Å². The number of sulfonamides is 1. The molecule has 0 saturated heterocycles. The second-order valence-corrected chi connectivity index (χ2v) is 10.0. The van der Waals surface area contributed by atoms with Crippen LogP contribution in [0.4, 0.5) is 0 Å². The fourth-order valence-corrected chi connectivity index (χ4v) is 4.82. The van der Waals surface area contributed by atoms with Gasteiger partial charge in [0.25, 0.3) is 10.0 Å². The maximum atomic E-state index is 12.7. The molecule has 0 aliphatic rings. The molecule has 0 bridgehead atoms. The van der Waals surface area contributed by atoms with E-state index in [2.05, 4.69) is 9.71 Å². The largest absolute Gasteiger partial charge is 0.489 e. The summed E-state index contributed by atoms with van der Waals surface area (Å²) >= 11 is 1.03. The number of benzene rings is 3. The molecule has 34 heavy (non-hydrogen) atoms. The van der Waals surface area contributed by atoms with E-state index in [-0.39, 0.29) is 16.5 Å². The van der Waals surface area contributed by atoms with Crippen LogP contribution < -0.4 is 9.46 Å². The van der Waals surface area contributed by atoms with Crippen LogP contribution in [0.1, 0.15) is 16.7 Å². The molecular weight excluding hydrogens is 472 g/mol. The van der Waals surface area contributed by atoms with Gasteiger partial charge in [-0.3, -0.25) is 4.72 Å². The Morgan fingerprint density at radius 2 is 1.65 bits per heavy atom. The van der Waals surface area contributed by atoms with Gasteiger partial charge in [-0.25, -0.2) is 18.2 Å². The molecule has 0 unspecified atom stereocenters. The number of thioether (sulfide) groups is 1. The Morgan fingerprint density at radius 3 is 2.24 bits per heavy atom. The van der Waals surface area contributed by atoms with E-state index in [0.717, 1.165) is 28.5 Å². The average molecular weight is 499 g/mol. The molecular formula is C25H26N2O5S2. The van der Waals surface area contributed by atoms with Crippen LogP contribution in [0.15, 0.2) is 88.8 Å². The van der Waals surface area contributed by atoms with Crippen LogP contribution in [0.5, 0.6) is 5.75 Å². The van der Waals surface area contributed by atoms with Crippen molar-refractivity contribution < 1.29 is 23.1 Å². The molecule has 0 amide bonds. The van der Waals surface area contributed by atoms with Crippen LogP contribution in [0.25, 0.3) is 0 Å². The van der Waals surface area contributed by atoms with Crippen LogP contribution >= 0.6 is 11.8 Å². The van der Waals surface area contributed by atoms with Crippen LogP contribution in [0.2, 0.25) is 0 Å². The van der Waals surface area contributed by atoms with Gasteiger partial charge in [0.15, 0.2) is 11.2 Å². The van der Waals surface area contributed by atoms with Gasteiger partial charge >= 0.3 is 5.97 Å². The topological polar surface area (TPSA) is 105 Å². The quantitative estimate of drug-likeness (QED) is 0.337. The number of aliphatic carboxylic acids is 1. The Hall–Kier alpha value is -3.30. The van der Waals surface area contributed by atoms with Gasteiger partial charge < -0.3 is 9.84 Å². The molecule has 9 heteroatoms. The van der Waals surface area contributed by atoms with Gasteiger partial charge in [-0.15, -0.1) is 0 Å². The van der Waals surface area contributed by atoms with Crippen LogP contribution in [-0.4, -0.2) is 37.0 Å². The van der Waals surface area contributed by atoms with Crippen molar-refractivity contribution in [2.45, 2.75) is 30.9 Å². The standard InChI is InChI=1S/C25H26N2O5S2/c1-18-8-14-22(15-9-18)34(30,31)27-25(33-2)26-23(24(28)29)16-19-10-12-21(13-11-19)32-17-20-6-4-3-5-7-20/h3-15,23H,16-17H2,1-2H3,(H,26,27)(H,28,29)/t23-/m0/s1. The number of aryl methyl sites for hydroxylation is 1. The highest BCUT2D eigenvalue weighted by molar-refractivity contribution is 8.14. The minimum absolute atomic E-state index is 0.00999. The molecule has 3 aromatic rings. The molecule has 0 aliphatic heterocycles. The SMILES string of the molecule is CSC(=N[C@@H](Cc1ccc(OCc2ccccc2)cc1)C(=O)O)NS(=O)(=O)c1ccc(C)cc1. The van der Waals surface area contributed by atoms with Gasteiger partial charge in [-0.2, -0.15) is 0 Å². The number of carbonyl (C=O) groups is 1. The van der Waals surface area contributed by atoms with Crippen molar-refractivity contribution in [2.75, 3.05) is 6.26 Å². The van der Waals surface area contributed by atoms with Gasteiger partial charge in [0, 0.05) is 6.42 Å². The molecule has 2 N–H and O–H groups in total. The third-order valence-electron chi connectivity index (χ3n) is 4.91. The predicted octanol–water partition coefficient (Wildman–Crippen LogP) is 4.27. The number of rotatable bonds is 9. The minimum atomic E-state index is -3.88. The molecule has 0 fully saturated rings. The number of nitrogens with one attached hydrogen (secondary N) is 1. The number of aliphatic imine (C=N–C) groups is 1. The molecule has 178 valence electrons. The lowest BCUT2D eigenvalue weighted by atomic mass is 10.1. The van der Waals surface area contributed by atoms with E-state index >= 15 is 0 Å². The maximum absolute atomic E-state index is 12.7. The zero-order valence-corrected chi connectivity index (χ0v) is 20.5. The number of carboxylic acid groups (broad SMARTS) is 1. The minimum Gasteiger partial charge on any atom is -0.489 e. The summed E-state index contributed by atoms with van der Waals surface area (Å²) in [6.07, 6.45) is 1.74. The molecule has 0 aromatic heterocycles. The second kappa shape index (κ2) is 11.7. The van der Waals surface area contributed by atoms with Gasteiger partial charge in [0.1, 0.15) is 12.4 Å². The highest BCUT2D eigenvalue weighted by Crippen LogP contribution is 2.17. The Bertz CT molecular complexity index is 1230. The lowest BCUT2D eigenvalue weighted by Crippen LogP contribution is -2.31. The van der Waals surface area contributed by atoms with E-state index in [9.17, 15) is 18.3 Å². The number of hydrogen-bond donors (Lipinski definition) is 2. The first kappa shape index (κ1) is 25.3. The third kappa shape index (κ3) is 7.36. The number of carboxylic acids is 1. The number of nitrogens with zero attached hydrogens (tertiary/aromatic N) is 1. The Kier molecular flexibility index (Phi) is 8.72. The van der Waals surface area contributed by atoms with Crippen molar-refractivity contribution in [1.82, 2.24) is 4.72 Å². The highest BCUT2D eigenvalue weighted by atomic mass is 32.2. The first-order chi connectivity index (χ1) is 16.3. The van der Waals surface area contributed by atoms with E-state index in [0.29, 0.717) is 12.4 Å². The zero-order valence-electron chi connectivity index (χ0n) is 18.8. The number of hydrogen-bond acceptors (Lipinski definition) is 6. The molecule has 7 nitrogen and oxygen atoms in total. The van der Waals surface area contributed by atoms with Crippen LogP contribution in [-0.2, 0) is 27.8 Å². The fourth-order valence-electron chi connectivity index (χ4n) is 3.03. The summed E-state index contributed by atoms with van der Waals surface area (Å²) in [6.45, 7) is 2.29. The second-order valence-electron chi connectivity index (χ2n) is 7.53. The molecule has 0 spiro atoms. The normalized spacial score (nSPS) is 12.7. The molecule has 0 radical (unpaired) electrons. The lowest BCUT2D eigenvalue weighted by Gasteiger charge is -2.13. The van der Waals surface area contributed by atoms with Crippen molar-refractivity contribution in [3.8, 4) is 5.75 Å². The summed E-state index contributed by atoms with van der Waals surface area (Å²) in [7, 11) is -3.88. The molecule has 0 aliphatic carbocycles. The van der Waals surface area contributed by atoms with Crippen molar-refractivity contribution >= 4 is 32.9 Å². The fraction of sp³-hybridized carbons (Fsp3) is 0.200. The van der Waals surface area contributed by atoms with E-state index in [1.54, 1.807) is 42.7 Å². The lowest BCUT2D eigenvalue weighted by molar-refractivity contribution is -0.138. The summed E-state index contributed by atoms with van der Waals surface area (Å²) in [5.74, 6) is -0.482. The summed E-state index contributed by atoms with van der Waals surface area (Å²) in [4.78, 5) is 16.1. The van der Waals surface area contributed by atoms with Gasteiger partial charge in [0.2, 0.25) is 0 Å². The molecule has 0 saturated carbocycles. The molecule has 1 atom stereocenters. The Morgan fingerprint density at radius 1 is 1.00 bits per heavy atom. The van der Waals surface area contributed by atoms with E-state index < -0.39 is 22.0 Å².